The van der Waals surface area contributed by atoms with Crippen molar-refractivity contribution in [1.82, 2.24) is 9.29 Å². The van der Waals surface area contributed by atoms with Crippen LogP contribution in [-0.4, -0.2) is 43.9 Å². The maximum atomic E-state index is 12.7. The minimum absolute atomic E-state index is 0.0233. The molecule has 0 aliphatic rings. The third-order valence-corrected chi connectivity index (χ3v) is 5.29. The zero-order valence-electron chi connectivity index (χ0n) is 16.2. The summed E-state index contributed by atoms with van der Waals surface area (Å²) in [6.45, 7) is 8.95. The molecule has 2 N–H and O–H groups in total. The molecule has 150 valence electrons. The standard InChI is InChI=1S/C16H26FN3O3S.C2H6/c1-3-5-9-20(8-4-2)24(21,22)15-6-7-16(19-12-15)23-13-14(10-17)11-18;1-2/h6-7,10,12H,3-5,8-9,11,13,18H2,1-2H3;1-2H3/b14-10+;. The molecule has 0 aromatic carbocycles. The Kier molecular flexibility index (Phi) is 12.9. The van der Waals surface area contributed by atoms with Gasteiger partial charge in [-0.15, -0.1) is 0 Å². The van der Waals surface area contributed by atoms with Crippen molar-refractivity contribution < 1.29 is 17.5 Å². The molecule has 0 unspecified atom stereocenters. The number of sulfonamides is 1. The molecule has 8 heteroatoms. The molecule has 0 atom stereocenters. The fourth-order valence-electron chi connectivity index (χ4n) is 1.99. The Balaban J connectivity index is 0.00000301. The average molecular weight is 390 g/mol. The second-order valence-corrected chi connectivity index (χ2v) is 7.29. The van der Waals surface area contributed by atoms with E-state index in [0.29, 0.717) is 25.0 Å². The lowest BCUT2D eigenvalue weighted by molar-refractivity contribution is 0.333. The molecule has 0 saturated heterocycles. The SMILES string of the molecule is CC.CCCCN(CCC)S(=O)(=O)c1ccc(OC/C(=C/F)CN)nc1. The van der Waals surface area contributed by atoms with Crippen LogP contribution in [0.15, 0.2) is 35.1 Å². The molecular formula is C18H32FN3O3S. The average Bonchev–Trinajstić information content (AvgIpc) is 2.67. The summed E-state index contributed by atoms with van der Waals surface area (Å²) in [5.74, 6) is 0.220. The first-order valence-electron chi connectivity index (χ1n) is 9.06. The van der Waals surface area contributed by atoms with Gasteiger partial charge in [-0.05, 0) is 18.9 Å². The van der Waals surface area contributed by atoms with E-state index >= 15 is 0 Å². The molecular weight excluding hydrogens is 357 g/mol. The molecule has 1 aromatic rings. The summed E-state index contributed by atoms with van der Waals surface area (Å²) in [6, 6.07) is 2.91. The van der Waals surface area contributed by atoms with Gasteiger partial charge < -0.3 is 10.5 Å². The van der Waals surface area contributed by atoms with Crippen molar-refractivity contribution in [3.05, 3.63) is 30.2 Å². The Morgan fingerprint density at radius 2 is 1.96 bits per heavy atom. The molecule has 0 fully saturated rings. The predicted molar refractivity (Wildman–Crippen MR) is 103 cm³/mol. The van der Waals surface area contributed by atoms with Crippen molar-refractivity contribution in [3.8, 4) is 5.88 Å². The van der Waals surface area contributed by atoms with Gasteiger partial charge in [0.05, 0.1) is 12.5 Å². The zero-order chi connectivity index (χ0) is 20.0. The van der Waals surface area contributed by atoms with E-state index in [4.69, 9.17) is 10.5 Å². The molecule has 1 heterocycles. The normalized spacial score (nSPS) is 11.9. The van der Waals surface area contributed by atoms with E-state index in [1.165, 1.54) is 22.6 Å². The number of nitrogens with zero attached hydrogens (tertiary/aromatic N) is 2. The predicted octanol–water partition coefficient (Wildman–Crippen LogP) is 3.50. The summed E-state index contributed by atoms with van der Waals surface area (Å²) in [5, 5.41) is 0. The van der Waals surface area contributed by atoms with Crippen molar-refractivity contribution in [2.45, 2.75) is 51.9 Å². The second kappa shape index (κ2) is 13.7. The number of nitrogens with two attached hydrogens (primary N) is 1. The summed E-state index contributed by atoms with van der Waals surface area (Å²) in [7, 11) is -3.57. The molecule has 0 radical (unpaired) electrons. The Hall–Kier alpha value is -1.51. The van der Waals surface area contributed by atoms with Gasteiger partial charge >= 0.3 is 0 Å². The van der Waals surface area contributed by atoms with E-state index in [2.05, 4.69) is 4.98 Å². The molecule has 0 spiro atoms. The lowest BCUT2D eigenvalue weighted by Gasteiger charge is -2.21. The number of hydrogen-bond donors (Lipinski definition) is 1. The summed E-state index contributed by atoms with van der Waals surface area (Å²) in [4.78, 5) is 4.11. The number of ether oxygens (including phenoxy) is 1. The van der Waals surface area contributed by atoms with Crippen molar-refractivity contribution in [1.29, 1.82) is 0 Å². The topological polar surface area (TPSA) is 85.5 Å². The van der Waals surface area contributed by atoms with Crippen LogP contribution in [0.3, 0.4) is 0 Å². The highest BCUT2D eigenvalue weighted by molar-refractivity contribution is 7.89. The molecule has 0 bridgehead atoms. The summed E-state index contributed by atoms with van der Waals surface area (Å²) in [5.41, 5.74) is 5.63. The van der Waals surface area contributed by atoms with Crippen LogP contribution in [0.1, 0.15) is 47.0 Å². The van der Waals surface area contributed by atoms with Crippen LogP contribution in [0.4, 0.5) is 4.39 Å². The van der Waals surface area contributed by atoms with Crippen molar-refractivity contribution in [2.75, 3.05) is 26.2 Å². The van der Waals surface area contributed by atoms with Gasteiger partial charge in [0.25, 0.3) is 0 Å². The molecule has 26 heavy (non-hydrogen) atoms. The Morgan fingerprint density at radius 1 is 1.27 bits per heavy atom. The van der Waals surface area contributed by atoms with Crippen LogP contribution in [0, 0.1) is 0 Å². The number of hydrogen-bond acceptors (Lipinski definition) is 5. The smallest absolute Gasteiger partial charge is 0.244 e. The molecule has 1 rings (SSSR count). The van der Waals surface area contributed by atoms with Crippen LogP contribution in [-0.2, 0) is 10.0 Å². The molecule has 6 nitrogen and oxygen atoms in total. The Morgan fingerprint density at radius 3 is 2.42 bits per heavy atom. The van der Waals surface area contributed by atoms with E-state index < -0.39 is 10.0 Å². The minimum Gasteiger partial charge on any atom is -0.473 e. The minimum atomic E-state index is -3.57. The maximum Gasteiger partial charge on any atom is 0.244 e. The highest BCUT2D eigenvalue weighted by atomic mass is 32.2. The van der Waals surface area contributed by atoms with Crippen molar-refractivity contribution >= 4 is 10.0 Å². The van der Waals surface area contributed by atoms with Crippen molar-refractivity contribution in [3.63, 3.8) is 0 Å². The third-order valence-electron chi connectivity index (χ3n) is 3.40. The van der Waals surface area contributed by atoms with E-state index in [9.17, 15) is 12.8 Å². The number of halogens is 1. The zero-order valence-corrected chi connectivity index (χ0v) is 17.1. The number of aromatic nitrogens is 1. The van der Waals surface area contributed by atoms with Gasteiger partial charge in [0, 0.05) is 31.3 Å². The summed E-state index contributed by atoms with van der Waals surface area (Å²) in [6.07, 6.45) is 4.14. The fourth-order valence-corrected chi connectivity index (χ4v) is 3.51. The highest BCUT2D eigenvalue weighted by Gasteiger charge is 2.23. The van der Waals surface area contributed by atoms with Gasteiger partial charge in [-0.1, -0.05) is 34.1 Å². The van der Waals surface area contributed by atoms with Gasteiger partial charge in [-0.25, -0.2) is 17.8 Å². The number of pyridine rings is 1. The van der Waals surface area contributed by atoms with Crippen LogP contribution in [0.2, 0.25) is 0 Å². The Bertz CT molecular complexity index is 619. The molecule has 1 aromatic heterocycles. The summed E-state index contributed by atoms with van der Waals surface area (Å²) < 4.78 is 44.5. The van der Waals surface area contributed by atoms with E-state index in [1.54, 1.807) is 0 Å². The largest absolute Gasteiger partial charge is 0.473 e. The first kappa shape index (κ1) is 24.5. The monoisotopic (exact) mass is 389 g/mol. The number of unbranched alkanes of at least 4 members (excludes halogenated alkanes) is 1. The van der Waals surface area contributed by atoms with Gasteiger partial charge in [-0.3, -0.25) is 0 Å². The number of rotatable bonds is 11. The van der Waals surface area contributed by atoms with E-state index in [-0.39, 0.29) is 23.9 Å². The van der Waals surface area contributed by atoms with Crippen LogP contribution < -0.4 is 10.5 Å². The molecule has 0 aliphatic heterocycles. The first-order chi connectivity index (χ1) is 12.5. The lowest BCUT2D eigenvalue weighted by atomic mass is 10.3. The Labute approximate surface area is 157 Å². The molecule has 0 saturated carbocycles. The lowest BCUT2D eigenvalue weighted by Crippen LogP contribution is -2.32. The fraction of sp³-hybridized carbons (Fsp3) is 0.611. The molecule has 0 aliphatic carbocycles. The third kappa shape index (κ3) is 7.80. The van der Waals surface area contributed by atoms with E-state index in [0.717, 1.165) is 19.3 Å². The quantitative estimate of drug-likeness (QED) is 0.626. The van der Waals surface area contributed by atoms with Gasteiger partial charge in [0.1, 0.15) is 11.5 Å². The highest BCUT2D eigenvalue weighted by Crippen LogP contribution is 2.18. The van der Waals surface area contributed by atoms with Crippen LogP contribution in [0.5, 0.6) is 5.88 Å². The van der Waals surface area contributed by atoms with Gasteiger partial charge in [0.2, 0.25) is 15.9 Å². The van der Waals surface area contributed by atoms with Gasteiger partial charge in [-0.2, -0.15) is 4.31 Å². The van der Waals surface area contributed by atoms with Gasteiger partial charge in [0.15, 0.2) is 0 Å². The molecule has 0 amide bonds. The first-order valence-corrected chi connectivity index (χ1v) is 10.5. The second-order valence-electron chi connectivity index (χ2n) is 5.35. The van der Waals surface area contributed by atoms with Crippen molar-refractivity contribution in [2.24, 2.45) is 5.73 Å². The van der Waals surface area contributed by atoms with Crippen LogP contribution >= 0.6 is 0 Å². The van der Waals surface area contributed by atoms with Crippen LogP contribution in [0.25, 0.3) is 0 Å². The van der Waals surface area contributed by atoms with E-state index in [1.807, 2.05) is 27.7 Å². The summed E-state index contributed by atoms with van der Waals surface area (Å²) >= 11 is 0. The maximum absolute atomic E-state index is 12.7.